The fourth-order valence-corrected chi connectivity index (χ4v) is 4.54. The lowest BCUT2D eigenvalue weighted by atomic mass is 9.38. The molecule has 160 valence electrons. The summed E-state index contributed by atoms with van der Waals surface area (Å²) in [6.07, 6.45) is 2.74. The van der Waals surface area contributed by atoms with Gasteiger partial charge in [0.2, 0.25) is 5.91 Å². The lowest BCUT2D eigenvalue weighted by Crippen LogP contribution is -2.75. The summed E-state index contributed by atoms with van der Waals surface area (Å²) in [5, 5.41) is 7.43. The van der Waals surface area contributed by atoms with E-state index in [1.165, 1.54) is 17.9 Å². The van der Waals surface area contributed by atoms with E-state index >= 15 is 0 Å². The number of rotatable bonds is 9. The molecule has 8 heteroatoms. The van der Waals surface area contributed by atoms with Crippen LogP contribution in [-0.2, 0) is 20.9 Å². The second-order valence-electron chi connectivity index (χ2n) is 9.36. The first-order valence-electron chi connectivity index (χ1n) is 10.2. The van der Waals surface area contributed by atoms with E-state index in [1.807, 2.05) is 27.7 Å². The second kappa shape index (κ2) is 7.80. The van der Waals surface area contributed by atoms with Gasteiger partial charge in [-0.2, -0.15) is 5.10 Å². The van der Waals surface area contributed by atoms with E-state index in [0.717, 1.165) is 19.3 Å². The van der Waals surface area contributed by atoms with Gasteiger partial charge in [0.15, 0.2) is 0 Å². The van der Waals surface area contributed by atoms with E-state index in [9.17, 15) is 14.4 Å². The third-order valence-electron chi connectivity index (χ3n) is 5.69. The average Bonchev–Trinajstić information content (AvgIpc) is 2.58. The van der Waals surface area contributed by atoms with Gasteiger partial charge in [-0.15, -0.1) is 0 Å². The van der Waals surface area contributed by atoms with Gasteiger partial charge in [-0.05, 0) is 30.6 Å². The standard InChI is InChI=1S/C21H31N3O5/c1-13(2)9-29-15-6-17(26)24(23-19(15)14(3)4)8-16(25)22-21-10-20(11-21,12-21)7-18(27)28-5/h6,13-14H,7-12H2,1-5H3,(H,22,25). The molecule has 4 rings (SSSR count). The zero-order valence-corrected chi connectivity index (χ0v) is 17.9. The largest absolute Gasteiger partial charge is 0.491 e. The highest BCUT2D eigenvalue weighted by atomic mass is 16.5. The maximum Gasteiger partial charge on any atom is 0.306 e. The van der Waals surface area contributed by atoms with Crippen LogP contribution in [-0.4, -0.2) is 40.9 Å². The fraction of sp³-hybridized carbons (Fsp3) is 0.714. The number of carbonyl (C=O) groups is 2. The summed E-state index contributed by atoms with van der Waals surface area (Å²) in [4.78, 5) is 36.5. The van der Waals surface area contributed by atoms with Gasteiger partial charge in [-0.25, -0.2) is 4.68 Å². The van der Waals surface area contributed by atoms with Crippen molar-refractivity contribution in [2.24, 2.45) is 11.3 Å². The summed E-state index contributed by atoms with van der Waals surface area (Å²) < 4.78 is 11.7. The maximum absolute atomic E-state index is 12.5. The van der Waals surface area contributed by atoms with Gasteiger partial charge in [0, 0.05) is 17.5 Å². The Labute approximate surface area is 171 Å². The van der Waals surface area contributed by atoms with Crippen LogP contribution in [0.1, 0.15) is 65.0 Å². The zero-order valence-electron chi connectivity index (χ0n) is 17.9. The Hall–Kier alpha value is -2.38. The molecule has 0 aromatic carbocycles. The minimum atomic E-state index is -0.358. The van der Waals surface area contributed by atoms with Crippen LogP contribution in [0.2, 0.25) is 0 Å². The van der Waals surface area contributed by atoms with Crippen LogP contribution in [0.15, 0.2) is 10.9 Å². The predicted molar refractivity (Wildman–Crippen MR) is 107 cm³/mol. The number of nitrogens with zero attached hydrogens (tertiary/aromatic N) is 2. The Morgan fingerprint density at radius 3 is 2.45 bits per heavy atom. The summed E-state index contributed by atoms with van der Waals surface area (Å²) in [7, 11) is 1.39. The van der Waals surface area contributed by atoms with Crippen LogP contribution in [0.5, 0.6) is 5.75 Å². The van der Waals surface area contributed by atoms with Crippen LogP contribution in [0.25, 0.3) is 0 Å². The van der Waals surface area contributed by atoms with E-state index in [4.69, 9.17) is 9.47 Å². The Balaban J connectivity index is 1.62. The summed E-state index contributed by atoms with van der Waals surface area (Å²) in [5.41, 5.74) is 0.0506. The average molecular weight is 405 g/mol. The monoisotopic (exact) mass is 405 g/mol. The van der Waals surface area contributed by atoms with Crippen LogP contribution >= 0.6 is 0 Å². The molecule has 1 heterocycles. The molecule has 1 N–H and O–H groups in total. The molecular formula is C21H31N3O5. The van der Waals surface area contributed by atoms with Crippen molar-refractivity contribution >= 4 is 11.9 Å². The molecule has 1 amide bonds. The highest BCUT2D eigenvalue weighted by molar-refractivity contribution is 5.78. The number of carbonyl (C=O) groups excluding carboxylic acids is 2. The molecule has 3 aliphatic carbocycles. The Morgan fingerprint density at radius 1 is 1.24 bits per heavy atom. The second-order valence-corrected chi connectivity index (χ2v) is 9.36. The van der Waals surface area contributed by atoms with Gasteiger partial charge in [0.1, 0.15) is 18.0 Å². The molecule has 1 aromatic heterocycles. The highest BCUT2D eigenvalue weighted by Crippen LogP contribution is 2.68. The summed E-state index contributed by atoms with van der Waals surface area (Å²) in [5.74, 6) is 0.430. The number of hydrogen-bond donors (Lipinski definition) is 1. The van der Waals surface area contributed by atoms with Crippen molar-refractivity contribution in [2.45, 2.75) is 71.4 Å². The molecule has 29 heavy (non-hydrogen) atoms. The molecule has 0 spiro atoms. The first-order valence-corrected chi connectivity index (χ1v) is 10.2. The molecule has 0 atom stereocenters. The van der Waals surface area contributed by atoms with Crippen molar-refractivity contribution in [2.75, 3.05) is 13.7 Å². The van der Waals surface area contributed by atoms with E-state index in [2.05, 4.69) is 10.4 Å². The van der Waals surface area contributed by atoms with Crippen molar-refractivity contribution in [3.05, 3.63) is 22.1 Å². The van der Waals surface area contributed by atoms with Crippen molar-refractivity contribution in [1.29, 1.82) is 0 Å². The van der Waals surface area contributed by atoms with Crippen LogP contribution in [0, 0.1) is 11.3 Å². The molecule has 3 aliphatic rings. The lowest BCUT2D eigenvalue weighted by molar-refractivity contribution is -0.181. The molecule has 2 bridgehead atoms. The fourth-order valence-electron chi connectivity index (χ4n) is 4.54. The molecule has 0 aliphatic heterocycles. The Morgan fingerprint density at radius 2 is 1.90 bits per heavy atom. The maximum atomic E-state index is 12.5. The molecule has 1 aromatic rings. The van der Waals surface area contributed by atoms with Crippen LogP contribution in [0.4, 0.5) is 0 Å². The molecule has 0 saturated heterocycles. The molecule has 0 radical (unpaired) electrons. The Bertz CT molecular complexity index is 839. The van der Waals surface area contributed by atoms with Crippen molar-refractivity contribution < 1.29 is 19.1 Å². The van der Waals surface area contributed by atoms with Gasteiger partial charge in [0.25, 0.3) is 5.56 Å². The quantitative estimate of drug-likeness (QED) is 0.631. The highest BCUT2D eigenvalue weighted by Gasteiger charge is 2.68. The van der Waals surface area contributed by atoms with Gasteiger partial charge in [0.05, 0.1) is 20.1 Å². The molecule has 8 nitrogen and oxygen atoms in total. The van der Waals surface area contributed by atoms with Gasteiger partial charge in [-0.3, -0.25) is 14.4 Å². The number of methoxy groups -OCH3 is 1. The van der Waals surface area contributed by atoms with Crippen molar-refractivity contribution in [1.82, 2.24) is 15.1 Å². The third-order valence-corrected chi connectivity index (χ3v) is 5.69. The number of nitrogens with one attached hydrogen (secondary N) is 1. The summed E-state index contributed by atoms with van der Waals surface area (Å²) in [6.45, 7) is 8.39. The minimum absolute atomic E-state index is 0.0182. The normalized spacial score (nSPS) is 24.7. The predicted octanol–water partition coefficient (Wildman–Crippen LogP) is 2.00. The van der Waals surface area contributed by atoms with E-state index in [-0.39, 0.29) is 40.9 Å². The smallest absolute Gasteiger partial charge is 0.306 e. The molecule has 3 fully saturated rings. The summed E-state index contributed by atoms with van der Waals surface area (Å²) >= 11 is 0. The number of aromatic nitrogens is 2. The number of hydrogen-bond acceptors (Lipinski definition) is 6. The van der Waals surface area contributed by atoms with Gasteiger partial charge >= 0.3 is 5.97 Å². The number of ether oxygens (including phenoxy) is 2. The lowest BCUT2D eigenvalue weighted by Gasteiger charge is -2.70. The number of amides is 1. The van der Waals surface area contributed by atoms with Crippen LogP contribution in [0.3, 0.4) is 0 Å². The topological polar surface area (TPSA) is 99.5 Å². The van der Waals surface area contributed by atoms with E-state index < -0.39 is 0 Å². The SMILES string of the molecule is COC(=O)CC12CC(NC(=O)Cn3nc(C(C)C)c(OCC(C)C)cc3=O)(C1)C2. The zero-order chi connectivity index (χ0) is 21.4. The van der Waals surface area contributed by atoms with Crippen molar-refractivity contribution in [3.63, 3.8) is 0 Å². The molecular weight excluding hydrogens is 374 g/mol. The molecule has 0 unspecified atom stereocenters. The number of esters is 1. The first kappa shape index (κ1) is 21.3. The van der Waals surface area contributed by atoms with E-state index in [0.29, 0.717) is 30.4 Å². The first-order chi connectivity index (χ1) is 13.6. The minimum Gasteiger partial charge on any atom is -0.491 e. The Kier molecular flexibility index (Phi) is 5.74. The van der Waals surface area contributed by atoms with Crippen molar-refractivity contribution in [3.8, 4) is 5.75 Å². The van der Waals surface area contributed by atoms with Crippen LogP contribution < -0.4 is 15.6 Å². The summed E-state index contributed by atoms with van der Waals surface area (Å²) in [6, 6.07) is 1.42. The van der Waals surface area contributed by atoms with Gasteiger partial charge in [-0.1, -0.05) is 27.7 Å². The van der Waals surface area contributed by atoms with Gasteiger partial charge < -0.3 is 14.8 Å². The molecule has 3 saturated carbocycles. The van der Waals surface area contributed by atoms with E-state index in [1.54, 1.807) is 0 Å². The third kappa shape index (κ3) is 4.46.